The molecule has 0 atom stereocenters. The van der Waals surface area contributed by atoms with Crippen molar-refractivity contribution in [2.75, 3.05) is 31.9 Å². The number of nitrogens with zero attached hydrogens (tertiary/aromatic N) is 2. The number of benzene rings is 3. The second kappa shape index (κ2) is 12.3. The average molecular weight is 520 g/mol. The summed E-state index contributed by atoms with van der Waals surface area (Å²) >= 11 is 1.23. The number of hydrogen-bond acceptors (Lipinski definition) is 7. The summed E-state index contributed by atoms with van der Waals surface area (Å²) in [5.41, 5.74) is 2.04. The van der Waals surface area contributed by atoms with Crippen LogP contribution in [-0.4, -0.2) is 42.0 Å². The SMILES string of the molecule is CCOc1ccccc1NC(=O)CSc1nc2ccccc2c(=O)n1CCc1ccc(OC)c(OC)c1. The van der Waals surface area contributed by atoms with E-state index in [1.54, 1.807) is 37.0 Å². The van der Waals surface area contributed by atoms with Gasteiger partial charge in [-0.15, -0.1) is 0 Å². The van der Waals surface area contributed by atoms with Gasteiger partial charge in [-0.3, -0.25) is 14.2 Å². The van der Waals surface area contributed by atoms with Crippen LogP contribution in [0.4, 0.5) is 5.69 Å². The van der Waals surface area contributed by atoms with Gasteiger partial charge in [0, 0.05) is 6.54 Å². The smallest absolute Gasteiger partial charge is 0.262 e. The fourth-order valence-corrected chi connectivity index (χ4v) is 4.73. The van der Waals surface area contributed by atoms with E-state index in [1.165, 1.54) is 11.8 Å². The van der Waals surface area contributed by atoms with Gasteiger partial charge in [0.2, 0.25) is 5.91 Å². The van der Waals surface area contributed by atoms with Gasteiger partial charge in [0.25, 0.3) is 5.56 Å². The molecular formula is C28H29N3O5S. The van der Waals surface area contributed by atoms with Crippen LogP contribution >= 0.6 is 11.8 Å². The minimum absolute atomic E-state index is 0.0849. The van der Waals surface area contributed by atoms with Crippen LogP contribution in [0.3, 0.4) is 0 Å². The van der Waals surface area contributed by atoms with Crippen LogP contribution in [-0.2, 0) is 17.8 Å². The summed E-state index contributed by atoms with van der Waals surface area (Å²) in [6.45, 7) is 2.78. The lowest BCUT2D eigenvalue weighted by molar-refractivity contribution is -0.113. The van der Waals surface area contributed by atoms with Gasteiger partial charge in [-0.2, -0.15) is 0 Å². The molecule has 0 spiro atoms. The molecule has 0 saturated carbocycles. The van der Waals surface area contributed by atoms with Crippen molar-refractivity contribution >= 4 is 34.3 Å². The van der Waals surface area contributed by atoms with Crippen molar-refractivity contribution in [3.63, 3.8) is 0 Å². The average Bonchev–Trinajstić information content (AvgIpc) is 2.92. The molecule has 8 nitrogen and oxygen atoms in total. The van der Waals surface area contributed by atoms with Gasteiger partial charge in [-0.25, -0.2) is 4.98 Å². The molecular weight excluding hydrogens is 490 g/mol. The Bertz CT molecular complexity index is 1450. The van der Waals surface area contributed by atoms with Gasteiger partial charge in [0.05, 0.1) is 43.2 Å². The number of aromatic nitrogens is 2. The number of amides is 1. The summed E-state index contributed by atoms with van der Waals surface area (Å²) in [5.74, 6) is 1.75. The quantitative estimate of drug-likeness (QED) is 0.225. The number of carbonyl (C=O) groups is 1. The third-order valence-electron chi connectivity index (χ3n) is 5.69. The van der Waals surface area contributed by atoms with Gasteiger partial charge in [0.1, 0.15) is 5.75 Å². The van der Waals surface area contributed by atoms with Crippen molar-refractivity contribution in [3.05, 3.63) is 82.6 Å². The molecule has 4 aromatic rings. The summed E-state index contributed by atoms with van der Waals surface area (Å²) in [6, 6.07) is 20.2. The van der Waals surface area contributed by atoms with Crippen molar-refractivity contribution in [2.24, 2.45) is 0 Å². The Morgan fingerprint density at radius 1 is 0.973 bits per heavy atom. The number of para-hydroxylation sites is 3. The molecule has 0 unspecified atom stereocenters. The maximum absolute atomic E-state index is 13.4. The summed E-state index contributed by atoms with van der Waals surface area (Å²) in [6.07, 6.45) is 0.571. The normalized spacial score (nSPS) is 10.8. The van der Waals surface area contributed by atoms with E-state index < -0.39 is 0 Å². The summed E-state index contributed by atoms with van der Waals surface area (Å²) < 4.78 is 17.9. The van der Waals surface area contributed by atoms with Crippen LogP contribution in [0.5, 0.6) is 17.2 Å². The Labute approximate surface area is 219 Å². The fourth-order valence-electron chi connectivity index (χ4n) is 3.90. The monoisotopic (exact) mass is 519 g/mol. The highest BCUT2D eigenvalue weighted by Gasteiger charge is 2.15. The molecule has 192 valence electrons. The Kier molecular flexibility index (Phi) is 8.68. The molecule has 1 amide bonds. The molecule has 37 heavy (non-hydrogen) atoms. The number of ether oxygens (including phenoxy) is 3. The maximum atomic E-state index is 13.4. The Hall–Kier alpha value is -3.98. The second-order valence-electron chi connectivity index (χ2n) is 8.07. The number of fused-ring (bicyclic) bond motifs is 1. The number of hydrogen-bond donors (Lipinski definition) is 1. The standard InChI is InChI=1S/C28H29N3O5S/c1-4-36-23-12-8-7-11-22(23)29-26(32)18-37-28-30-21-10-6-5-9-20(21)27(33)31(28)16-15-19-13-14-24(34-2)25(17-19)35-3/h5-14,17H,4,15-16,18H2,1-3H3,(H,29,32). The molecule has 0 fully saturated rings. The first-order valence-electron chi connectivity index (χ1n) is 11.9. The lowest BCUT2D eigenvalue weighted by Gasteiger charge is -2.15. The Morgan fingerprint density at radius 2 is 1.73 bits per heavy atom. The maximum Gasteiger partial charge on any atom is 0.262 e. The van der Waals surface area contributed by atoms with Gasteiger partial charge in [-0.05, 0) is 55.3 Å². The molecule has 3 aromatic carbocycles. The van der Waals surface area contributed by atoms with E-state index in [0.717, 1.165) is 5.56 Å². The molecule has 0 saturated heterocycles. The number of rotatable bonds is 11. The van der Waals surface area contributed by atoms with Crippen molar-refractivity contribution < 1.29 is 19.0 Å². The van der Waals surface area contributed by atoms with Crippen LogP contribution in [0, 0.1) is 0 Å². The van der Waals surface area contributed by atoms with E-state index in [9.17, 15) is 9.59 Å². The molecule has 1 heterocycles. The minimum Gasteiger partial charge on any atom is -0.493 e. The predicted molar refractivity (Wildman–Crippen MR) is 146 cm³/mol. The first-order valence-corrected chi connectivity index (χ1v) is 12.9. The lowest BCUT2D eigenvalue weighted by Crippen LogP contribution is -2.25. The van der Waals surface area contributed by atoms with Crippen molar-refractivity contribution in [2.45, 2.75) is 25.0 Å². The highest BCUT2D eigenvalue weighted by atomic mass is 32.2. The first-order chi connectivity index (χ1) is 18.0. The van der Waals surface area contributed by atoms with E-state index in [1.807, 2.05) is 55.5 Å². The molecule has 1 aromatic heterocycles. The van der Waals surface area contributed by atoms with E-state index in [-0.39, 0.29) is 17.2 Å². The van der Waals surface area contributed by atoms with Crippen LogP contribution < -0.4 is 25.1 Å². The van der Waals surface area contributed by atoms with Gasteiger partial charge in [0.15, 0.2) is 16.7 Å². The van der Waals surface area contributed by atoms with Crippen LogP contribution in [0.2, 0.25) is 0 Å². The molecule has 9 heteroatoms. The summed E-state index contributed by atoms with van der Waals surface area (Å²) in [7, 11) is 3.18. The number of anilines is 1. The van der Waals surface area contributed by atoms with Crippen LogP contribution in [0.25, 0.3) is 10.9 Å². The molecule has 0 aliphatic rings. The third kappa shape index (κ3) is 6.24. The largest absolute Gasteiger partial charge is 0.493 e. The minimum atomic E-state index is -0.217. The predicted octanol–water partition coefficient (Wildman–Crippen LogP) is 4.79. The van der Waals surface area contributed by atoms with Crippen molar-refractivity contribution in [1.82, 2.24) is 9.55 Å². The zero-order valence-corrected chi connectivity index (χ0v) is 21.8. The van der Waals surface area contributed by atoms with Crippen molar-refractivity contribution in [1.29, 1.82) is 0 Å². The lowest BCUT2D eigenvalue weighted by atomic mass is 10.1. The van der Waals surface area contributed by atoms with Gasteiger partial charge >= 0.3 is 0 Å². The third-order valence-corrected chi connectivity index (χ3v) is 6.67. The number of thioether (sulfide) groups is 1. The molecule has 4 rings (SSSR count). The number of carbonyl (C=O) groups excluding carboxylic acids is 1. The van der Waals surface area contributed by atoms with E-state index in [4.69, 9.17) is 19.2 Å². The van der Waals surface area contributed by atoms with E-state index >= 15 is 0 Å². The molecule has 1 N–H and O–H groups in total. The molecule has 0 aliphatic carbocycles. The zero-order chi connectivity index (χ0) is 26.2. The zero-order valence-electron chi connectivity index (χ0n) is 21.0. The Balaban J connectivity index is 1.56. The van der Waals surface area contributed by atoms with Gasteiger partial charge < -0.3 is 19.5 Å². The fraction of sp³-hybridized carbons (Fsp3) is 0.250. The molecule has 0 bridgehead atoms. The summed E-state index contributed by atoms with van der Waals surface area (Å²) in [5, 5.41) is 3.91. The Morgan fingerprint density at radius 3 is 2.51 bits per heavy atom. The first kappa shape index (κ1) is 26.1. The highest BCUT2D eigenvalue weighted by Crippen LogP contribution is 2.28. The van der Waals surface area contributed by atoms with Crippen molar-refractivity contribution in [3.8, 4) is 17.2 Å². The number of methoxy groups -OCH3 is 2. The van der Waals surface area contributed by atoms with Gasteiger partial charge in [-0.1, -0.05) is 42.1 Å². The van der Waals surface area contributed by atoms with Crippen LogP contribution in [0.1, 0.15) is 12.5 Å². The highest BCUT2D eigenvalue weighted by molar-refractivity contribution is 7.99. The van der Waals surface area contributed by atoms with E-state index in [0.29, 0.717) is 58.6 Å². The molecule has 0 aliphatic heterocycles. The van der Waals surface area contributed by atoms with E-state index in [2.05, 4.69) is 5.32 Å². The topological polar surface area (TPSA) is 91.7 Å². The second-order valence-corrected chi connectivity index (χ2v) is 9.02. The number of aryl methyl sites for hydroxylation is 1. The molecule has 0 radical (unpaired) electrons. The number of nitrogens with one attached hydrogen (secondary N) is 1. The summed E-state index contributed by atoms with van der Waals surface area (Å²) in [4.78, 5) is 30.9. The van der Waals surface area contributed by atoms with Crippen LogP contribution in [0.15, 0.2) is 76.7 Å².